The van der Waals surface area contributed by atoms with Crippen molar-refractivity contribution in [2.45, 2.75) is 12.7 Å². The number of rotatable bonds is 3. The molecule has 6 heteroatoms. The summed E-state index contributed by atoms with van der Waals surface area (Å²) in [5, 5.41) is 3.25. The predicted molar refractivity (Wildman–Crippen MR) is 74.6 cm³/mol. The van der Waals surface area contributed by atoms with Crippen LogP contribution in [0.5, 0.6) is 0 Å². The third-order valence-electron chi connectivity index (χ3n) is 2.78. The monoisotopic (exact) mass is 300 g/mol. The predicted octanol–water partition coefficient (Wildman–Crippen LogP) is 4.55. The van der Waals surface area contributed by atoms with E-state index in [-0.39, 0.29) is 17.9 Å². The molecule has 0 bridgehead atoms. The normalized spacial score (nSPS) is 11.4. The van der Waals surface area contributed by atoms with Gasteiger partial charge in [0.05, 0.1) is 5.56 Å². The summed E-state index contributed by atoms with van der Waals surface area (Å²) in [5.74, 6) is 0. The fraction of sp³-hybridized carbons (Fsp3) is 0.143. The molecule has 0 unspecified atom stereocenters. The Morgan fingerprint density at radius 2 is 1.80 bits per heavy atom. The fourth-order valence-electron chi connectivity index (χ4n) is 1.78. The van der Waals surface area contributed by atoms with E-state index in [1.54, 1.807) is 24.3 Å². The van der Waals surface area contributed by atoms with Crippen molar-refractivity contribution in [1.82, 2.24) is 0 Å². The second kappa shape index (κ2) is 5.63. The van der Waals surface area contributed by atoms with Gasteiger partial charge in [0.15, 0.2) is 0 Å². The van der Waals surface area contributed by atoms with E-state index in [1.165, 1.54) is 12.1 Å². The van der Waals surface area contributed by atoms with Crippen molar-refractivity contribution in [1.29, 1.82) is 0 Å². The number of hydrogen-bond acceptors (Lipinski definition) is 2. The average molecular weight is 301 g/mol. The molecule has 20 heavy (non-hydrogen) atoms. The van der Waals surface area contributed by atoms with E-state index in [2.05, 4.69) is 5.32 Å². The van der Waals surface area contributed by atoms with Crippen molar-refractivity contribution in [2.75, 3.05) is 11.1 Å². The molecule has 0 fully saturated rings. The van der Waals surface area contributed by atoms with Crippen molar-refractivity contribution in [3.8, 4) is 0 Å². The molecule has 2 aromatic carbocycles. The van der Waals surface area contributed by atoms with Gasteiger partial charge in [-0.2, -0.15) is 13.2 Å². The van der Waals surface area contributed by atoms with Crippen LogP contribution in [0.4, 0.5) is 24.5 Å². The summed E-state index contributed by atoms with van der Waals surface area (Å²) in [6.07, 6.45) is -4.46. The third-order valence-corrected chi connectivity index (χ3v) is 3.14. The molecule has 0 amide bonds. The summed E-state index contributed by atoms with van der Waals surface area (Å²) >= 11 is 5.96. The van der Waals surface area contributed by atoms with Crippen molar-refractivity contribution >= 4 is 23.0 Å². The summed E-state index contributed by atoms with van der Waals surface area (Å²) in [5.41, 5.74) is 5.39. The number of halogens is 4. The van der Waals surface area contributed by atoms with Gasteiger partial charge in [-0.1, -0.05) is 29.8 Å². The summed E-state index contributed by atoms with van der Waals surface area (Å²) < 4.78 is 38.7. The van der Waals surface area contributed by atoms with Crippen LogP contribution in [0.3, 0.4) is 0 Å². The van der Waals surface area contributed by atoms with E-state index >= 15 is 0 Å². The lowest BCUT2D eigenvalue weighted by Crippen LogP contribution is -2.11. The molecule has 0 aliphatic carbocycles. The molecule has 0 spiro atoms. The molecule has 0 heterocycles. The Hall–Kier alpha value is -1.88. The molecule has 2 aromatic rings. The first-order valence-electron chi connectivity index (χ1n) is 5.82. The molecule has 0 aliphatic rings. The molecule has 0 aromatic heterocycles. The third kappa shape index (κ3) is 3.36. The van der Waals surface area contributed by atoms with Crippen LogP contribution in [-0.4, -0.2) is 0 Å². The quantitative estimate of drug-likeness (QED) is 0.816. The second-order valence-electron chi connectivity index (χ2n) is 4.25. The van der Waals surface area contributed by atoms with Gasteiger partial charge in [0.1, 0.15) is 0 Å². The lowest BCUT2D eigenvalue weighted by atomic mass is 10.1. The van der Waals surface area contributed by atoms with Gasteiger partial charge >= 0.3 is 6.18 Å². The largest absolute Gasteiger partial charge is 0.418 e. The van der Waals surface area contributed by atoms with E-state index in [0.29, 0.717) is 5.02 Å². The van der Waals surface area contributed by atoms with Crippen molar-refractivity contribution in [2.24, 2.45) is 0 Å². The number of benzene rings is 2. The van der Waals surface area contributed by atoms with E-state index < -0.39 is 11.7 Å². The highest BCUT2D eigenvalue weighted by Crippen LogP contribution is 2.36. The molecule has 0 radical (unpaired) electrons. The molecule has 0 aliphatic heterocycles. The maximum Gasteiger partial charge on any atom is 0.418 e. The number of nitrogens with two attached hydrogens (primary N) is 1. The molecule has 0 saturated carbocycles. The van der Waals surface area contributed by atoms with Gasteiger partial charge in [-0.05, 0) is 29.8 Å². The van der Waals surface area contributed by atoms with Crippen LogP contribution in [0.15, 0.2) is 42.5 Å². The highest BCUT2D eigenvalue weighted by molar-refractivity contribution is 6.31. The summed E-state index contributed by atoms with van der Waals surface area (Å²) in [6, 6.07) is 10.6. The van der Waals surface area contributed by atoms with Gasteiger partial charge < -0.3 is 11.1 Å². The number of anilines is 2. The number of nitrogen functional groups attached to an aromatic ring is 1. The maximum atomic E-state index is 12.9. The van der Waals surface area contributed by atoms with Gasteiger partial charge in [0.25, 0.3) is 0 Å². The molecule has 106 valence electrons. The highest BCUT2D eigenvalue weighted by Gasteiger charge is 2.33. The van der Waals surface area contributed by atoms with Gasteiger partial charge in [-0.25, -0.2) is 0 Å². The van der Waals surface area contributed by atoms with Crippen molar-refractivity contribution in [3.05, 3.63) is 58.6 Å². The van der Waals surface area contributed by atoms with E-state index in [9.17, 15) is 13.2 Å². The van der Waals surface area contributed by atoms with Crippen molar-refractivity contribution < 1.29 is 13.2 Å². The molecular weight excluding hydrogens is 289 g/mol. The molecule has 0 saturated heterocycles. The first kappa shape index (κ1) is 14.5. The van der Waals surface area contributed by atoms with Crippen LogP contribution in [0.2, 0.25) is 5.02 Å². The van der Waals surface area contributed by atoms with Crippen LogP contribution >= 0.6 is 11.6 Å². The SMILES string of the molecule is Nc1ccc(NCc2ccccc2Cl)c(C(F)(F)F)c1. The zero-order chi connectivity index (χ0) is 14.8. The smallest absolute Gasteiger partial charge is 0.399 e. The Bertz CT molecular complexity index is 612. The molecule has 3 N–H and O–H groups in total. The minimum atomic E-state index is -4.46. The highest BCUT2D eigenvalue weighted by atomic mass is 35.5. The first-order valence-corrected chi connectivity index (χ1v) is 6.20. The van der Waals surface area contributed by atoms with Crippen LogP contribution in [0.25, 0.3) is 0 Å². The minimum absolute atomic E-state index is 0.0216. The van der Waals surface area contributed by atoms with Gasteiger partial charge in [-0.3, -0.25) is 0 Å². The van der Waals surface area contributed by atoms with Crippen LogP contribution in [0, 0.1) is 0 Å². The molecule has 2 nitrogen and oxygen atoms in total. The van der Waals surface area contributed by atoms with Gasteiger partial charge in [0.2, 0.25) is 0 Å². The first-order chi connectivity index (χ1) is 9.38. The Morgan fingerprint density at radius 3 is 2.45 bits per heavy atom. The molecular formula is C14H12ClF3N2. The Balaban J connectivity index is 2.24. The lowest BCUT2D eigenvalue weighted by Gasteiger charge is -2.15. The number of nitrogens with one attached hydrogen (secondary N) is 1. The number of alkyl halides is 3. The maximum absolute atomic E-state index is 12.9. The van der Waals surface area contributed by atoms with E-state index in [4.69, 9.17) is 17.3 Å². The summed E-state index contributed by atoms with van der Waals surface area (Å²) in [7, 11) is 0. The zero-order valence-electron chi connectivity index (χ0n) is 10.3. The summed E-state index contributed by atoms with van der Waals surface area (Å²) in [6.45, 7) is 0.201. The Kier molecular flexibility index (Phi) is 4.09. The standard InChI is InChI=1S/C14H12ClF3N2/c15-12-4-2-1-3-9(12)8-20-13-6-5-10(19)7-11(13)14(16,17)18/h1-7,20H,8,19H2. The van der Waals surface area contributed by atoms with Gasteiger partial charge in [0, 0.05) is 22.9 Å². The van der Waals surface area contributed by atoms with E-state index in [1.807, 2.05) is 0 Å². The van der Waals surface area contributed by atoms with Crippen LogP contribution in [-0.2, 0) is 12.7 Å². The summed E-state index contributed by atoms with van der Waals surface area (Å²) in [4.78, 5) is 0. The van der Waals surface area contributed by atoms with Crippen molar-refractivity contribution in [3.63, 3.8) is 0 Å². The molecule has 0 atom stereocenters. The Labute approximate surface area is 119 Å². The topological polar surface area (TPSA) is 38.0 Å². The van der Waals surface area contributed by atoms with E-state index in [0.717, 1.165) is 11.6 Å². The minimum Gasteiger partial charge on any atom is -0.399 e. The lowest BCUT2D eigenvalue weighted by molar-refractivity contribution is -0.136. The zero-order valence-corrected chi connectivity index (χ0v) is 11.1. The van der Waals surface area contributed by atoms with Crippen LogP contribution in [0.1, 0.15) is 11.1 Å². The average Bonchev–Trinajstić information content (AvgIpc) is 2.38. The van der Waals surface area contributed by atoms with Gasteiger partial charge in [-0.15, -0.1) is 0 Å². The number of hydrogen-bond donors (Lipinski definition) is 2. The molecule has 2 rings (SSSR count). The van der Waals surface area contributed by atoms with Crippen LogP contribution < -0.4 is 11.1 Å². The second-order valence-corrected chi connectivity index (χ2v) is 4.65. The Morgan fingerprint density at radius 1 is 1.10 bits per heavy atom. The fourth-order valence-corrected chi connectivity index (χ4v) is 1.99.